The third-order valence-electron chi connectivity index (χ3n) is 4.43. The van der Waals surface area contributed by atoms with Gasteiger partial charge in [0.25, 0.3) is 11.6 Å². The van der Waals surface area contributed by atoms with Crippen LogP contribution in [0.15, 0.2) is 82.1 Å². The quantitative estimate of drug-likeness (QED) is 0.219. The number of nitro benzene ring substituents is 1. The van der Waals surface area contributed by atoms with E-state index in [2.05, 4.69) is 5.32 Å². The maximum Gasteiger partial charge on any atom is 0.283 e. The maximum absolute atomic E-state index is 12.5. The predicted molar refractivity (Wildman–Crippen MR) is 124 cm³/mol. The molecule has 7 nitrogen and oxygen atoms in total. The molecule has 0 heterocycles. The van der Waals surface area contributed by atoms with Crippen LogP contribution in [0.5, 0.6) is 5.75 Å². The number of nitro groups is 1. The molecule has 0 aliphatic heterocycles. The lowest BCUT2D eigenvalue weighted by atomic mass is 10.1. The fourth-order valence-corrected chi connectivity index (χ4v) is 3.70. The molecule has 0 unspecified atom stereocenters. The standard InChI is InChI=1S/C24H19N3O4S/c1-16-6-9-21(10-7-16)32-23-11-8-17(13-22(23)27(29)30)12-18(15-25)24(28)26-19-4-3-5-20(14-19)31-2/h3-14H,1-2H3,(H,26,28)/b18-12-. The normalized spacial score (nSPS) is 10.8. The number of aryl methyl sites for hydroxylation is 1. The molecule has 0 radical (unpaired) electrons. The van der Waals surface area contributed by atoms with Crippen molar-refractivity contribution in [3.8, 4) is 11.8 Å². The van der Waals surface area contributed by atoms with Crippen molar-refractivity contribution in [3.05, 3.63) is 93.5 Å². The molecule has 0 aliphatic carbocycles. The summed E-state index contributed by atoms with van der Waals surface area (Å²) in [6.45, 7) is 1.97. The first kappa shape index (κ1) is 22.6. The predicted octanol–water partition coefficient (Wildman–Crippen LogP) is 5.61. The summed E-state index contributed by atoms with van der Waals surface area (Å²) in [4.78, 5) is 25.0. The van der Waals surface area contributed by atoms with E-state index in [9.17, 15) is 20.2 Å². The number of nitriles is 1. The van der Waals surface area contributed by atoms with E-state index in [0.29, 0.717) is 21.9 Å². The first-order chi connectivity index (χ1) is 15.4. The highest BCUT2D eigenvalue weighted by Crippen LogP contribution is 2.35. The van der Waals surface area contributed by atoms with Crippen molar-refractivity contribution >= 4 is 35.1 Å². The number of carbonyl (C=O) groups excluding carboxylic acids is 1. The molecule has 8 heteroatoms. The van der Waals surface area contributed by atoms with Gasteiger partial charge in [0, 0.05) is 22.7 Å². The van der Waals surface area contributed by atoms with E-state index in [0.717, 1.165) is 10.5 Å². The van der Waals surface area contributed by atoms with Gasteiger partial charge in [-0.05, 0) is 48.9 Å². The van der Waals surface area contributed by atoms with Gasteiger partial charge in [0.1, 0.15) is 17.4 Å². The van der Waals surface area contributed by atoms with E-state index in [1.54, 1.807) is 36.4 Å². The number of benzene rings is 3. The number of hydrogen-bond acceptors (Lipinski definition) is 6. The van der Waals surface area contributed by atoms with Gasteiger partial charge in [-0.3, -0.25) is 14.9 Å². The second-order valence-electron chi connectivity index (χ2n) is 6.76. The van der Waals surface area contributed by atoms with Crippen LogP contribution in [-0.4, -0.2) is 17.9 Å². The molecule has 0 bridgehead atoms. The van der Waals surface area contributed by atoms with Gasteiger partial charge in [0.05, 0.1) is 16.9 Å². The average molecular weight is 446 g/mol. The largest absolute Gasteiger partial charge is 0.497 e. The lowest BCUT2D eigenvalue weighted by Crippen LogP contribution is -2.13. The Morgan fingerprint density at radius 3 is 2.56 bits per heavy atom. The molecule has 3 aromatic carbocycles. The van der Waals surface area contributed by atoms with Crippen molar-refractivity contribution in [1.29, 1.82) is 5.26 Å². The van der Waals surface area contributed by atoms with Crippen LogP contribution in [0.1, 0.15) is 11.1 Å². The molecule has 1 N–H and O–H groups in total. The lowest BCUT2D eigenvalue weighted by molar-refractivity contribution is -0.387. The van der Waals surface area contributed by atoms with Gasteiger partial charge in [-0.2, -0.15) is 5.26 Å². The van der Waals surface area contributed by atoms with Gasteiger partial charge >= 0.3 is 0 Å². The van der Waals surface area contributed by atoms with Crippen molar-refractivity contribution < 1.29 is 14.5 Å². The summed E-state index contributed by atoms with van der Waals surface area (Å²) < 4.78 is 5.12. The molecule has 0 aromatic heterocycles. The zero-order valence-corrected chi connectivity index (χ0v) is 18.2. The van der Waals surface area contributed by atoms with Crippen LogP contribution in [0.4, 0.5) is 11.4 Å². The molecular formula is C24H19N3O4S. The number of amides is 1. The van der Waals surface area contributed by atoms with Crippen LogP contribution in [-0.2, 0) is 4.79 Å². The van der Waals surface area contributed by atoms with Crippen molar-refractivity contribution in [2.24, 2.45) is 0 Å². The fraction of sp³-hybridized carbons (Fsp3) is 0.0833. The SMILES string of the molecule is COc1cccc(NC(=O)/C(C#N)=C\c2ccc(Sc3ccc(C)cc3)c([N+](=O)[O-])c2)c1. The summed E-state index contributed by atoms with van der Waals surface area (Å²) in [6, 6.07) is 20.8. The molecule has 3 aromatic rings. The Morgan fingerprint density at radius 2 is 1.91 bits per heavy atom. The number of rotatable bonds is 7. The zero-order chi connectivity index (χ0) is 23.1. The molecule has 32 heavy (non-hydrogen) atoms. The Balaban J connectivity index is 1.85. The van der Waals surface area contributed by atoms with E-state index in [1.165, 1.54) is 31.0 Å². The summed E-state index contributed by atoms with van der Waals surface area (Å²) in [5.74, 6) is -0.0657. The van der Waals surface area contributed by atoms with Crippen molar-refractivity contribution in [1.82, 2.24) is 0 Å². The Kier molecular flexibility index (Phi) is 7.26. The van der Waals surface area contributed by atoms with Gasteiger partial charge in [0.2, 0.25) is 0 Å². The van der Waals surface area contributed by atoms with Crippen LogP contribution in [0.25, 0.3) is 6.08 Å². The molecule has 0 aliphatic rings. The maximum atomic E-state index is 12.5. The van der Waals surface area contributed by atoms with E-state index >= 15 is 0 Å². The summed E-state index contributed by atoms with van der Waals surface area (Å²) in [5, 5.41) is 23.7. The second kappa shape index (κ2) is 10.3. The summed E-state index contributed by atoms with van der Waals surface area (Å²) in [6.07, 6.45) is 1.32. The minimum Gasteiger partial charge on any atom is -0.497 e. The van der Waals surface area contributed by atoms with E-state index < -0.39 is 10.8 Å². The van der Waals surface area contributed by atoms with Gasteiger partial charge in [0.15, 0.2) is 0 Å². The molecule has 0 spiro atoms. The highest BCUT2D eigenvalue weighted by atomic mass is 32.2. The number of ether oxygens (including phenoxy) is 1. The Morgan fingerprint density at radius 1 is 1.16 bits per heavy atom. The molecule has 0 fully saturated rings. The first-order valence-electron chi connectivity index (χ1n) is 9.50. The fourth-order valence-electron chi connectivity index (χ4n) is 2.80. The highest BCUT2D eigenvalue weighted by Gasteiger charge is 2.17. The molecular weight excluding hydrogens is 426 g/mol. The van der Waals surface area contributed by atoms with Gasteiger partial charge in [-0.15, -0.1) is 0 Å². The molecule has 160 valence electrons. The minimum atomic E-state index is -0.624. The Labute approximate surface area is 189 Å². The molecule has 0 atom stereocenters. The first-order valence-corrected chi connectivity index (χ1v) is 10.3. The molecule has 1 amide bonds. The monoisotopic (exact) mass is 445 g/mol. The lowest BCUT2D eigenvalue weighted by Gasteiger charge is -2.07. The zero-order valence-electron chi connectivity index (χ0n) is 17.4. The summed E-state index contributed by atoms with van der Waals surface area (Å²) in [5.41, 5.74) is 1.66. The number of methoxy groups -OCH3 is 1. The summed E-state index contributed by atoms with van der Waals surface area (Å²) >= 11 is 1.28. The molecule has 0 saturated heterocycles. The van der Waals surface area contributed by atoms with Gasteiger partial charge in [-0.1, -0.05) is 41.6 Å². The van der Waals surface area contributed by atoms with E-state index in [1.807, 2.05) is 37.3 Å². The van der Waals surface area contributed by atoms with Crippen molar-refractivity contribution in [2.45, 2.75) is 16.7 Å². The van der Waals surface area contributed by atoms with E-state index in [-0.39, 0.29) is 11.3 Å². The van der Waals surface area contributed by atoms with Crippen molar-refractivity contribution in [2.75, 3.05) is 12.4 Å². The second-order valence-corrected chi connectivity index (χ2v) is 7.87. The Bertz CT molecular complexity index is 1230. The highest BCUT2D eigenvalue weighted by molar-refractivity contribution is 7.99. The van der Waals surface area contributed by atoms with Crippen LogP contribution < -0.4 is 10.1 Å². The van der Waals surface area contributed by atoms with Crippen LogP contribution >= 0.6 is 11.8 Å². The van der Waals surface area contributed by atoms with Gasteiger partial charge in [-0.25, -0.2) is 0 Å². The topological polar surface area (TPSA) is 105 Å². The number of anilines is 1. The van der Waals surface area contributed by atoms with Crippen molar-refractivity contribution in [3.63, 3.8) is 0 Å². The number of hydrogen-bond donors (Lipinski definition) is 1. The molecule has 0 saturated carbocycles. The third-order valence-corrected chi connectivity index (χ3v) is 5.51. The van der Waals surface area contributed by atoms with Crippen LogP contribution in [0, 0.1) is 28.4 Å². The minimum absolute atomic E-state index is 0.102. The number of carbonyl (C=O) groups is 1. The summed E-state index contributed by atoms with van der Waals surface area (Å²) in [7, 11) is 1.51. The third kappa shape index (κ3) is 5.74. The number of nitrogens with zero attached hydrogens (tertiary/aromatic N) is 2. The Hall–Kier alpha value is -4.09. The molecule has 3 rings (SSSR count). The van der Waals surface area contributed by atoms with Crippen LogP contribution in [0.2, 0.25) is 0 Å². The van der Waals surface area contributed by atoms with Crippen LogP contribution in [0.3, 0.4) is 0 Å². The smallest absolute Gasteiger partial charge is 0.283 e. The average Bonchev–Trinajstić information content (AvgIpc) is 2.79. The van der Waals surface area contributed by atoms with E-state index in [4.69, 9.17) is 4.74 Å². The van der Waals surface area contributed by atoms with Gasteiger partial charge < -0.3 is 10.1 Å². The number of nitrogens with one attached hydrogen (secondary N) is 1.